The Balaban J connectivity index is 1.81. The predicted molar refractivity (Wildman–Crippen MR) is 86.5 cm³/mol. The molecule has 21 heavy (non-hydrogen) atoms. The van der Waals surface area contributed by atoms with Crippen LogP contribution in [0.2, 0.25) is 0 Å². The fraction of sp³-hybridized carbons (Fsp3) is 0.0714. The fourth-order valence-corrected chi connectivity index (χ4v) is 4.03. The van der Waals surface area contributed by atoms with Crippen LogP contribution in [0.15, 0.2) is 41.6 Å². The number of thiophene rings is 2. The molecule has 0 fully saturated rings. The summed E-state index contributed by atoms with van der Waals surface area (Å²) >= 11 is 3.30. The van der Waals surface area contributed by atoms with E-state index in [0.717, 1.165) is 15.8 Å². The van der Waals surface area contributed by atoms with Gasteiger partial charge < -0.3 is 10.3 Å². The molecule has 0 atom stereocenters. The summed E-state index contributed by atoms with van der Waals surface area (Å²) in [6.07, 6.45) is 5.37. The third-order valence-corrected chi connectivity index (χ3v) is 4.95. The lowest BCUT2D eigenvalue weighted by atomic mass is 10.2. The van der Waals surface area contributed by atoms with Crippen molar-refractivity contribution >= 4 is 38.7 Å². The summed E-state index contributed by atoms with van der Waals surface area (Å²) in [7, 11) is 0. The summed E-state index contributed by atoms with van der Waals surface area (Å²) in [5.74, 6) is 1.25. The van der Waals surface area contributed by atoms with Crippen LogP contribution in [-0.4, -0.2) is 19.5 Å². The van der Waals surface area contributed by atoms with E-state index < -0.39 is 0 Å². The predicted octanol–water partition coefficient (Wildman–Crippen LogP) is 3.25. The van der Waals surface area contributed by atoms with E-state index in [1.54, 1.807) is 35.2 Å². The number of nitrogens with two attached hydrogens (primary N) is 1. The highest BCUT2D eigenvalue weighted by molar-refractivity contribution is 7.18. The van der Waals surface area contributed by atoms with E-state index in [0.29, 0.717) is 18.2 Å². The maximum atomic E-state index is 6.17. The second kappa shape index (κ2) is 4.94. The number of fused-ring (bicyclic) bond motifs is 1. The van der Waals surface area contributed by atoms with E-state index >= 15 is 0 Å². The number of rotatable bonds is 3. The molecule has 0 radical (unpaired) electrons. The Kier molecular flexibility index (Phi) is 2.94. The number of nitrogens with zero attached hydrogens (tertiary/aromatic N) is 4. The van der Waals surface area contributed by atoms with Crippen molar-refractivity contribution in [3.8, 4) is 10.4 Å². The molecular formula is C14H11N5S2. The fourth-order valence-electron chi connectivity index (χ4n) is 2.24. The minimum absolute atomic E-state index is 0.541. The quantitative estimate of drug-likeness (QED) is 0.630. The molecule has 0 saturated carbocycles. The summed E-state index contributed by atoms with van der Waals surface area (Å²) in [5, 5.41) is 5.11. The van der Waals surface area contributed by atoms with Crippen molar-refractivity contribution in [2.45, 2.75) is 6.54 Å². The van der Waals surface area contributed by atoms with Gasteiger partial charge >= 0.3 is 0 Å². The molecule has 0 aliphatic carbocycles. The van der Waals surface area contributed by atoms with Gasteiger partial charge in [0.05, 0.1) is 18.3 Å². The molecule has 0 aliphatic heterocycles. The Hall–Kier alpha value is -2.25. The highest BCUT2D eigenvalue weighted by Crippen LogP contribution is 2.37. The zero-order valence-corrected chi connectivity index (χ0v) is 12.6. The number of hydrogen-bond donors (Lipinski definition) is 1. The van der Waals surface area contributed by atoms with Gasteiger partial charge in [-0.25, -0.2) is 15.0 Å². The topological polar surface area (TPSA) is 69.6 Å². The monoisotopic (exact) mass is 313 g/mol. The van der Waals surface area contributed by atoms with Crippen LogP contribution in [0, 0.1) is 0 Å². The molecule has 0 bridgehead atoms. The van der Waals surface area contributed by atoms with Gasteiger partial charge in [0.25, 0.3) is 0 Å². The smallest absolute Gasteiger partial charge is 0.152 e. The van der Waals surface area contributed by atoms with Crippen LogP contribution in [0.4, 0.5) is 5.82 Å². The molecule has 0 amide bonds. The first-order chi connectivity index (χ1) is 10.3. The average Bonchev–Trinajstić information content (AvgIpc) is 3.19. The van der Waals surface area contributed by atoms with Crippen molar-refractivity contribution < 1.29 is 0 Å². The van der Waals surface area contributed by atoms with Crippen LogP contribution in [-0.2, 0) is 6.54 Å². The van der Waals surface area contributed by atoms with E-state index in [1.807, 2.05) is 16.8 Å². The molecule has 104 valence electrons. The van der Waals surface area contributed by atoms with Crippen LogP contribution in [0.5, 0.6) is 0 Å². The number of aromatic nitrogens is 4. The van der Waals surface area contributed by atoms with Crippen LogP contribution in [0.25, 0.3) is 20.7 Å². The van der Waals surface area contributed by atoms with Crippen LogP contribution >= 0.6 is 22.7 Å². The zero-order valence-electron chi connectivity index (χ0n) is 10.9. The Labute approximate surface area is 128 Å². The van der Waals surface area contributed by atoms with Crippen molar-refractivity contribution in [2.24, 2.45) is 0 Å². The molecule has 5 nitrogen and oxygen atoms in total. The van der Waals surface area contributed by atoms with Crippen molar-refractivity contribution in [3.05, 3.63) is 47.4 Å². The maximum absolute atomic E-state index is 6.17. The van der Waals surface area contributed by atoms with Crippen molar-refractivity contribution in [3.63, 3.8) is 0 Å². The molecule has 0 saturated heterocycles. The average molecular weight is 313 g/mol. The molecule has 4 aromatic rings. The highest BCUT2D eigenvalue weighted by atomic mass is 32.1. The molecular weight excluding hydrogens is 302 g/mol. The molecule has 0 spiro atoms. The molecule has 4 heterocycles. The van der Waals surface area contributed by atoms with E-state index in [-0.39, 0.29) is 0 Å². The third-order valence-electron chi connectivity index (χ3n) is 3.18. The SMILES string of the molecule is Nc1nc(Cn2ccnc2)nc2scc(-c3cccs3)c12. The molecule has 0 aliphatic rings. The van der Waals surface area contributed by atoms with Crippen molar-refractivity contribution in [1.82, 2.24) is 19.5 Å². The van der Waals surface area contributed by atoms with Gasteiger partial charge in [-0.2, -0.15) is 0 Å². The Morgan fingerprint density at radius 3 is 2.95 bits per heavy atom. The van der Waals surface area contributed by atoms with E-state index in [9.17, 15) is 0 Å². The largest absolute Gasteiger partial charge is 0.383 e. The Bertz CT molecular complexity index is 878. The molecule has 4 rings (SSSR count). The molecule has 4 aromatic heterocycles. The Morgan fingerprint density at radius 2 is 2.19 bits per heavy atom. The van der Waals surface area contributed by atoms with Gasteiger partial charge in [0.1, 0.15) is 10.6 Å². The van der Waals surface area contributed by atoms with Gasteiger partial charge in [0.15, 0.2) is 5.82 Å². The lowest BCUT2D eigenvalue weighted by Crippen LogP contribution is -2.04. The van der Waals surface area contributed by atoms with Crippen molar-refractivity contribution in [2.75, 3.05) is 5.73 Å². The van der Waals surface area contributed by atoms with E-state index in [1.165, 1.54) is 4.88 Å². The standard InChI is InChI=1S/C14H11N5S2/c15-13-12-9(10-2-1-5-20-10)7-21-14(12)18-11(17-13)6-19-4-3-16-8-19/h1-5,7-8H,6H2,(H2,15,17,18). The summed E-state index contributed by atoms with van der Waals surface area (Å²) in [4.78, 5) is 15.2. The zero-order chi connectivity index (χ0) is 14.2. The summed E-state index contributed by atoms with van der Waals surface area (Å²) in [5.41, 5.74) is 7.29. The van der Waals surface area contributed by atoms with Gasteiger partial charge in [-0.1, -0.05) is 6.07 Å². The van der Waals surface area contributed by atoms with Crippen molar-refractivity contribution in [1.29, 1.82) is 0 Å². The van der Waals surface area contributed by atoms with Gasteiger partial charge in [-0.05, 0) is 11.4 Å². The van der Waals surface area contributed by atoms with Gasteiger partial charge in [-0.3, -0.25) is 0 Å². The van der Waals surface area contributed by atoms with Crippen LogP contribution in [0.3, 0.4) is 0 Å². The van der Waals surface area contributed by atoms with Gasteiger partial charge in [0.2, 0.25) is 0 Å². The number of anilines is 1. The molecule has 7 heteroatoms. The molecule has 0 unspecified atom stereocenters. The second-order valence-electron chi connectivity index (χ2n) is 4.57. The Morgan fingerprint density at radius 1 is 1.24 bits per heavy atom. The highest BCUT2D eigenvalue weighted by Gasteiger charge is 2.14. The first kappa shape index (κ1) is 12.5. The summed E-state index contributed by atoms with van der Waals surface area (Å²) in [6, 6.07) is 4.12. The first-order valence-corrected chi connectivity index (χ1v) is 8.10. The van der Waals surface area contributed by atoms with Gasteiger partial charge in [-0.15, -0.1) is 22.7 Å². The number of nitrogen functional groups attached to an aromatic ring is 1. The van der Waals surface area contributed by atoms with E-state index in [4.69, 9.17) is 5.73 Å². The lowest BCUT2D eigenvalue weighted by Gasteiger charge is -2.04. The minimum atomic E-state index is 0.541. The minimum Gasteiger partial charge on any atom is -0.383 e. The lowest BCUT2D eigenvalue weighted by molar-refractivity contribution is 0.750. The summed E-state index contributed by atoms with van der Waals surface area (Å²) in [6.45, 7) is 0.576. The third kappa shape index (κ3) is 2.20. The van der Waals surface area contributed by atoms with E-state index in [2.05, 4.69) is 31.8 Å². The molecule has 0 aromatic carbocycles. The normalized spacial score (nSPS) is 11.2. The number of imidazole rings is 1. The van der Waals surface area contributed by atoms with Crippen LogP contribution in [0.1, 0.15) is 5.82 Å². The molecule has 2 N–H and O–H groups in total. The van der Waals surface area contributed by atoms with Crippen LogP contribution < -0.4 is 5.73 Å². The number of hydrogen-bond acceptors (Lipinski definition) is 6. The van der Waals surface area contributed by atoms with Gasteiger partial charge in [0, 0.05) is 28.2 Å². The summed E-state index contributed by atoms with van der Waals surface area (Å²) < 4.78 is 1.92. The maximum Gasteiger partial charge on any atom is 0.152 e. The second-order valence-corrected chi connectivity index (χ2v) is 6.37. The first-order valence-electron chi connectivity index (χ1n) is 6.34.